The minimum absolute atomic E-state index is 0.0435. The van der Waals surface area contributed by atoms with E-state index in [9.17, 15) is 22.8 Å². The average molecular weight is 364 g/mol. The van der Waals surface area contributed by atoms with Gasteiger partial charge in [-0.1, -0.05) is 12.1 Å². The van der Waals surface area contributed by atoms with Crippen molar-refractivity contribution in [1.29, 1.82) is 0 Å². The molecule has 0 radical (unpaired) electrons. The van der Waals surface area contributed by atoms with Crippen molar-refractivity contribution in [2.45, 2.75) is 26.2 Å². The van der Waals surface area contributed by atoms with E-state index in [2.05, 4.69) is 10.3 Å². The number of carbonyl (C=O) groups excluding carboxylic acids is 1. The molecule has 0 spiro atoms. The molecular weight excluding hydrogens is 349 g/mol. The molecule has 26 heavy (non-hydrogen) atoms. The zero-order valence-corrected chi connectivity index (χ0v) is 13.7. The second kappa shape index (κ2) is 6.66. The number of halogens is 3. The molecule has 2 aromatic heterocycles. The molecule has 0 aliphatic carbocycles. The summed E-state index contributed by atoms with van der Waals surface area (Å²) in [7, 11) is 0. The van der Waals surface area contributed by atoms with E-state index in [-0.39, 0.29) is 6.54 Å². The highest BCUT2D eigenvalue weighted by Crippen LogP contribution is 2.26. The SMILES string of the molecule is CCn1c(CNC(=O)c2ccc(C(F)(F)F)[nH]c2=O)nc2ccccc21. The van der Waals surface area contributed by atoms with Gasteiger partial charge in [-0.05, 0) is 31.2 Å². The van der Waals surface area contributed by atoms with Crippen LogP contribution in [-0.2, 0) is 19.3 Å². The number of imidazole rings is 1. The largest absolute Gasteiger partial charge is 0.431 e. The van der Waals surface area contributed by atoms with E-state index in [0.717, 1.165) is 17.1 Å². The summed E-state index contributed by atoms with van der Waals surface area (Å²) in [6, 6.07) is 8.99. The van der Waals surface area contributed by atoms with Crippen LogP contribution < -0.4 is 10.9 Å². The number of aromatic amines is 1. The van der Waals surface area contributed by atoms with Crippen LogP contribution in [0.5, 0.6) is 0 Å². The van der Waals surface area contributed by atoms with Crippen molar-refractivity contribution in [2.75, 3.05) is 0 Å². The van der Waals surface area contributed by atoms with Gasteiger partial charge >= 0.3 is 6.18 Å². The van der Waals surface area contributed by atoms with Gasteiger partial charge in [-0.3, -0.25) is 9.59 Å². The molecule has 2 N–H and O–H groups in total. The Kier molecular flexibility index (Phi) is 4.54. The third-order valence-corrected chi connectivity index (χ3v) is 3.92. The fraction of sp³-hybridized carbons (Fsp3) is 0.235. The van der Waals surface area contributed by atoms with Crippen molar-refractivity contribution >= 4 is 16.9 Å². The van der Waals surface area contributed by atoms with Crippen LogP contribution in [0.25, 0.3) is 11.0 Å². The zero-order chi connectivity index (χ0) is 18.9. The number of hydrogen-bond acceptors (Lipinski definition) is 3. The smallest absolute Gasteiger partial charge is 0.345 e. The summed E-state index contributed by atoms with van der Waals surface area (Å²) in [4.78, 5) is 30.0. The summed E-state index contributed by atoms with van der Waals surface area (Å²) in [6.07, 6.45) is -4.68. The molecule has 6 nitrogen and oxygen atoms in total. The van der Waals surface area contributed by atoms with Crippen LogP contribution in [0.15, 0.2) is 41.2 Å². The number of alkyl halides is 3. The van der Waals surface area contributed by atoms with Crippen molar-refractivity contribution in [3.63, 3.8) is 0 Å². The number of fused-ring (bicyclic) bond motifs is 1. The first-order valence-corrected chi connectivity index (χ1v) is 7.84. The maximum Gasteiger partial charge on any atom is 0.431 e. The number of rotatable bonds is 4. The fourth-order valence-corrected chi connectivity index (χ4v) is 2.69. The Morgan fingerprint density at radius 2 is 1.96 bits per heavy atom. The molecule has 0 saturated heterocycles. The Balaban J connectivity index is 1.81. The van der Waals surface area contributed by atoms with Gasteiger partial charge in [-0.15, -0.1) is 0 Å². The third-order valence-electron chi connectivity index (χ3n) is 3.92. The molecule has 3 aromatic rings. The molecule has 0 atom stereocenters. The number of aromatic nitrogens is 3. The lowest BCUT2D eigenvalue weighted by Crippen LogP contribution is -2.31. The van der Waals surface area contributed by atoms with Gasteiger partial charge in [0.2, 0.25) is 0 Å². The fourth-order valence-electron chi connectivity index (χ4n) is 2.69. The number of aryl methyl sites for hydroxylation is 1. The second-order valence-electron chi connectivity index (χ2n) is 5.56. The number of benzene rings is 1. The van der Waals surface area contributed by atoms with Crippen LogP contribution in [0, 0.1) is 0 Å². The minimum atomic E-state index is -4.68. The highest BCUT2D eigenvalue weighted by molar-refractivity contribution is 5.93. The summed E-state index contributed by atoms with van der Waals surface area (Å²) in [5, 5.41) is 2.53. The summed E-state index contributed by atoms with van der Waals surface area (Å²) in [5.74, 6) is -0.180. The van der Waals surface area contributed by atoms with Crippen molar-refractivity contribution in [3.05, 3.63) is 63.8 Å². The number of pyridine rings is 1. The summed E-state index contributed by atoms with van der Waals surface area (Å²) < 4.78 is 39.6. The van der Waals surface area contributed by atoms with Gasteiger partial charge in [0, 0.05) is 6.54 Å². The quantitative estimate of drug-likeness (QED) is 0.747. The van der Waals surface area contributed by atoms with E-state index in [1.54, 1.807) is 4.98 Å². The summed E-state index contributed by atoms with van der Waals surface area (Å²) in [5.41, 5.74) is -1.01. The second-order valence-corrected chi connectivity index (χ2v) is 5.56. The van der Waals surface area contributed by atoms with Gasteiger partial charge in [-0.25, -0.2) is 4.98 Å². The summed E-state index contributed by atoms with van der Waals surface area (Å²) in [6.45, 7) is 2.61. The van der Waals surface area contributed by atoms with E-state index in [0.29, 0.717) is 18.4 Å². The maximum atomic E-state index is 12.6. The molecule has 0 unspecified atom stereocenters. The van der Waals surface area contributed by atoms with E-state index in [1.807, 2.05) is 35.8 Å². The van der Waals surface area contributed by atoms with E-state index < -0.39 is 28.9 Å². The normalized spacial score (nSPS) is 11.7. The van der Waals surface area contributed by atoms with Crippen LogP contribution in [0.4, 0.5) is 13.2 Å². The topological polar surface area (TPSA) is 79.8 Å². The molecule has 9 heteroatoms. The lowest BCUT2D eigenvalue weighted by Gasteiger charge is -2.09. The molecule has 0 aliphatic rings. The Bertz CT molecular complexity index is 1020. The van der Waals surface area contributed by atoms with Gasteiger partial charge in [0.05, 0.1) is 17.6 Å². The first-order chi connectivity index (χ1) is 12.3. The summed E-state index contributed by atoms with van der Waals surface area (Å²) >= 11 is 0. The van der Waals surface area contributed by atoms with Gasteiger partial charge in [0.15, 0.2) is 0 Å². The minimum Gasteiger partial charge on any atom is -0.345 e. The monoisotopic (exact) mass is 364 g/mol. The molecule has 0 bridgehead atoms. The lowest BCUT2D eigenvalue weighted by atomic mass is 10.2. The van der Waals surface area contributed by atoms with Gasteiger partial charge in [0.25, 0.3) is 11.5 Å². The number of carbonyl (C=O) groups is 1. The number of nitrogens with zero attached hydrogens (tertiary/aromatic N) is 2. The molecule has 0 aliphatic heterocycles. The Hall–Kier alpha value is -3.10. The number of nitrogens with one attached hydrogen (secondary N) is 2. The number of H-pyrrole nitrogens is 1. The molecule has 136 valence electrons. The highest BCUT2D eigenvalue weighted by Gasteiger charge is 2.32. The molecule has 3 rings (SSSR count). The Labute approximate surface area is 145 Å². The van der Waals surface area contributed by atoms with E-state index in [4.69, 9.17) is 0 Å². The average Bonchev–Trinajstić information content (AvgIpc) is 2.96. The van der Waals surface area contributed by atoms with Crippen LogP contribution in [0.3, 0.4) is 0 Å². The van der Waals surface area contributed by atoms with Crippen molar-refractivity contribution in [3.8, 4) is 0 Å². The zero-order valence-electron chi connectivity index (χ0n) is 13.7. The predicted octanol–water partition coefficient (Wildman–Crippen LogP) is 2.69. The standard InChI is InChI=1S/C17H15F3N4O2/c1-2-24-12-6-4-3-5-11(12)22-14(24)9-21-15(25)10-7-8-13(17(18,19)20)23-16(10)26/h3-8H,2,9H2,1H3,(H,21,25)(H,23,26). The van der Waals surface area contributed by atoms with Crippen LogP contribution in [0.2, 0.25) is 0 Å². The first-order valence-electron chi connectivity index (χ1n) is 7.84. The van der Waals surface area contributed by atoms with E-state index in [1.165, 1.54) is 0 Å². The van der Waals surface area contributed by atoms with Gasteiger partial charge < -0.3 is 14.9 Å². The molecule has 0 saturated carbocycles. The Morgan fingerprint density at radius 3 is 2.62 bits per heavy atom. The molecule has 1 aromatic carbocycles. The highest BCUT2D eigenvalue weighted by atomic mass is 19.4. The molecule has 0 fully saturated rings. The van der Waals surface area contributed by atoms with Crippen LogP contribution in [-0.4, -0.2) is 20.4 Å². The number of amides is 1. The molecular formula is C17H15F3N4O2. The van der Waals surface area contributed by atoms with Crippen molar-refractivity contribution in [2.24, 2.45) is 0 Å². The lowest BCUT2D eigenvalue weighted by molar-refractivity contribution is -0.141. The van der Waals surface area contributed by atoms with Crippen molar-refractivity contribution < 1.29 is 18.0 Å². The third kappa shape index (κ3) is 3.32. The molecule has 2 heterocycles. The Morgan fingerprint density at radius 1 is 1.23 bits per heavy atom. The van der Waals surface area contributed by atoms with Crippen molar-refractivity contribution in [1.82, 2.24) is 19.9 Å². The molecule has 1 amide bonds. The number of para-hydroxylation sites is 2. The van der Waals surface area contributed by atoms with Gasteiger partial charge in [0.1, 0.15) is 17.1 Å². The van der Waals surface area contributed by atoms with E-state index >= 15 is 0 Å². The first kappa shape index (κ1) is 17.7. The van der Waals surface area contributed by atoms with Gasteiger partial charge in [-0.2, -0.15) is 13.2 Å². The van der Waals surface area contributed by atoms with Crippen LogP contribution >= 0.6 is 0 Å². The van der Waals surface area contributed by atoms with Crippen LogP contribution in [0.1, 0.15) is 28.8 Å². The number of hydrogen-bond donors (Lipinski definition) is 2. The predicted molar refractivity (Wildman–Crippen MR) is 88.6 cm³/mol. The maximum absolute atomic E-state index is 12.6.